The number of nitriles is 1. The van der Waals surface area contributed by atoms with Crippen LogP contribution in [-0.4, -0.2) is 28.9 Å². The van der Waals surface area contributed by atoms with Crippen molar-refractivity contribution in [1.82, 2.24) is 4.90 Å². The molecule has 2 aromatic rings. The third-order valence-corrected chi connectivity index (χ3v) is 6.40. The van der Waals surface area contributed by atoms with Crippen LogP contribution in [0.2, 0.25) is 10.0 Å². The van der Waals surface area contributed by atoms with E-state index in [1.165, 1.54) is 12.1 Å². The van der Waals surface area contributed by atoms with E-state index < -0.39 is 0 Å². The Hall–Kier alpha value is -2.29. The van der Waals surface area contributed by atoms with Crippen molar-refractivity contribution in [3.05, 3.63) is 63.4 Å². The average Bonchev–Trinajstić information content (AvgIpc) is 3.01. The predicted molar refractivity (Wildman–Crippen MR) is 118 cm³/mol. The van der Waals surface area contributed by atoms with Gasteiger partial charge in [-0.15, -0.1) is 0 Å². The van der Waals surface area contributed by atoms with Crippen molar-refractivity contribution in [2.45, 2.75) is 57.7 Å². The van der Waals surface area contributed by atoms with E-state index in [0.29, 0.717) is 34.0 Å². The number of hydrogen-bond donors (Lipinski definition) is 1. The summed E-state index contributed by atoms with van der Waals surface area (Å²) < 4.78 is 13.8. The summed E-state index contributed by atoms with van der Waals surface area (Å²) in [5.74, 6) is -0.283. The van der Waals surface area contributed by atoms with Crippen LogP contribution in [0.5, 0.6) is 0 Å². The molecular formula is C23H24Cl2FN3O. The van der Waals surface area contributed by atoms with E-state index >= 15 is 0 Å². The van der Waals surface area contributed by atoms with Crippen LogP contribution in [0.1, 0.15) is 44.2 Å². The van der Waals surface area contributed by atoms with Gasteiger partial charge in [0, 0.05) is 23.2 Å². The Kier molecular flexibility index (Phi) is 7.23. The topological polar surface area (TPSA) is 56.1 Å². The van der Waals surface area contributed by atoms with Crippen LogP contribution in [0, 0.1) is 17.1 Å². The van der Waals surface area contributed by atoms with Gasteiger partial charge in [0.1, 0.15) is 11.9 Å². The first-order valence-corrected chi connectivity index (χ1v) is 10.8. The summed E-state index contributed by atoms with van der Waals surface area (Å²) in [6.07, 6.45) is 2.45. The molecule has 0 aliphatic carbocycles. The van der Waals surface area contributed by atoms with Crippen molar-refractivity contribution >= 4 is 34.8 Å². The van der Waals surface area contributed by atoms with Crippen molar-refractivity contribution in [2.24, 2.45) is 0 Å². The van der Waals surface area contributed by atoms with E-state index in [1.54, 1.807) is 24.3 Å². The van der Waals surface area contributed by atoms with E-state index in [0.717, 1.165) is 18.5 Å². The van der Waals surface area contributed by atoms with Crippen molar-refractivity contribution in [3.63, 3.8) is 0 Å². The first kappa shape index (κ1) is 22.4. The lowest BCUT2D eigenvalue weighted by Gasteiger charge is -2.35. The number of rotatable bonds is 7. The van der Waals surface area contributed by atoms with Crippen molar-refractivity contribution in [1.29, 1.82) is 5.26 Å². The molecule has 7 heteroatoms. The molecule has 0 spiro atoms. The first-order chi connectivity index (χ1) is 14.4. The molecule has 2 aromatic carbocycles. The molecule has 30 heavy (non-hydrogen) atoms. The van der Waals surface area contributed by atoms with Gasteiger partial charge in [-0.05, 0) is 61.2 Å². The summed E-state index contributed by atoms with van der Waals surface area (Å²) in [4.78, 5) is 14.9. The monoisotopic (exact) mass is 447 g/mol. The smallest absolute Gasteiger partial charge is 0.225 e. The van der Waals surface area contributed by atoms with Gasteiger partial charge in [0.2, 0.25) is 5.91 Å². The molecule has 0 saturated carbocycles. The Morgan fingerprint density at radius 3 is 2.57 bits per heavy atom. The molecule has 2 atom stereocenters. The van der Waals surface area contributed by atoms with Gasteiger partial charge in [-0.1, -0.05) is 37.0 Å². The molecule has 0 radical (unpaired) electrons. The van der Waals surface area contributed by atoms with Gasteiger partial charge < -0.3 is 10.2 Å². The highest BCUT2D eigenvalue weighted by Crippen LogP contribution is 2.32. The molecule has 4 nitrogen and oxygen atoms in total. The summed E-state index contributed by atoms with van der Waals surface area (Å²) in [7, 11) is 0. The van der Waals surface area contributed by atoms with Crippen LogP contribution in [0.3, 0.4) is 0 Å². The summed E-state index contributed by atoms with van der Waals surface area (Å²) >= 11 is 12.5. The largest absolute Gasteiger partial charge is 0.380 e. The van der Waals surface area contributed by atoms with Gasteiger partial charge in [-0.25, -0.2) is 4.39 Å². The predicted octanol–water partition coefficient (Wildman–Crippen LogP) is 5.82. The van der Waals surface area contributed by atoms with Gasteiger partial charge in [-0.3, -0.25) is 4.79 Å². The summed E-state index contributed by atoms with van der Waals surface area (Å²) in [6, 6.07) is 11.2. The number of nitrogens with one attached hydrogen (secondary N) is 1. The van der Waals surface area contributed by atoms with Gasteiger partial charge in [0.15, 0.2) is 0 Å². The molecule has 1 amide bonds. The third kappa shape index (κ3) is 4.71. The minimum absolute atomic E-state index is 0.0680. The maximum absolute atomic E-state index is 13.8. The fraction of sp³-hybridized carbons (Fsp3) is 0.391. The van der Waals surface area contributed by atoms with E-state index in [9.17, 15) is 9.18 Å². The molecule has 1 aliphatic rings. The van der Waals surface area contributed by atoms with E-state index in [-0.39, 0.29) is 29.8 Å². The first-order valence-electron chi connectivity index (χ1n) is 10.1. The highest BCUT2D eigenvalue weighted by Gasteiger charge is 2.42. The van der Waals surface area contributed by atoms with E-state index in [1.807, 2.05) is 11.0 Å². The van der Waals surface area contributed by atoms with E-state index in [4.69, 9.17) is 28.5 Å². The average molecular weight is 448 g/mol. The maximum Gasteiger partial charge on any atom is 0.225 e. The number of amides is 1. The summed E-state index contributed by atoms with van der Waals surface area (Å²) in [6.45, 7) is 4.13. The number of hydrogen-bond acceptors (Lipinski definition) is 3. The molecule has 1 fully saturated rings. The van der Waals surface area contributed by atoms with Crippen molar-refractivity contribution in [3.8, 4) is 6.07 Å². The summed E-state index contributed by atoms with van der Waals surface area (Å²) in [5.41, 5.74) is 1.81. The number of carbonyl (C=O) groups excluding carboxylic acids is 1. The Balaban J connectivity index is 1.93. The van der Waals surface area contributed by atoms with Crippen LogP contribution in [-0.2, 0) is 11.2 Å². The van der Waals surface area contributed by atoms with Gasteiger partial charge >= 0.3 is 0 Å². The Morgan fingerprint density at radius 2 is 1.93 bits per heavy atom. The number of anilines is 1. The highest BCUT2D eigenvalue weighted by atomic mass is 35.5. The molecule has 0 bridgehead atoms. The minimum atomic E-state index is -0.351. The Labute approximate surface area is 186 Å². The lowest BCUT2D eigenvalue weighted by molar-refractivity contribution is -0.131. The SMILES string of the molecule is CCC(CC)N1C(=O)C[C@H](Nc2ccc(C#N)c(Cl)c2)C1Cc1cc(F)ccc1Cl. The zero-order valence-electron chi connectivity index (χ0n) is 17.0. The fourth-order valence-corrected chi connectivity index (χ4v) is 4.60. The van der Waals surface area contributed by atoms with Crippen LogP contribution in [0.15, 0.2) is 36.4 Å². The quantitative estimate of drug-likeness (QED) is 0.581. The van der Waals surface area contributed by atoms with Gasteiger partial charge in [-0.2, -0.15) is 5.26 Å². The van der Waals surface area contributed by atoms with Gasteiger partial charge in [0.05, 0.1) is 22.7 Å². The van der Waals surface area contributed by atoms with Crippen LogP contribution in [0.4, 0.5) is 10.1 Å². The second-order valence-corrected chi connectivity index (χ2v) is 8.35. The molecule has 1 heterocycles. The maximum atomic E-state index is 13.8. The molecule has 1 N–H and O–H groups in total. The molecule has 1 aliphatic heterocycles. The molecule has 1 unspecified atom stereocenters. The lowest BCUT2D eigenvalue weighted by atomic mass is 9.97. The normalized spacial score (nSPS) is 18.7. The summed E-state index contributed by atoms with van der Waals surface area (Å²) in [5, 5.41) is 13.3. The highest BCUT2D eigenvalue weighted by molar-refractivity contribution is 6.32. The minimum Gasteiger partial charge on any atom is -0.380 e. The van der Waals surface area contributed by atoms with Crippen molar-refractivity contribution in [2.75, 3.05) is 5.32 Å². The zero-order chi connectivity index (χ0) is 21.8. The lowest BCUT2D eigenvalue weighted by Crippen LogP contribution is -2.46. The van der Waals surface area contributed by atoms with E-state index in [2.05, 4.69) is 19.2 Å². The third-order valence-electron chi connectivity index (χ3n) is 5.72. The number of benzene rings is 2. The zero-order valence-corrected chi connectivity index (χ0v) is 18.5. The Bertz CT molecular complexity index is 971. The van der Waals surface area contributed by atoms with Crippen LogP contribution >= 0.6 is 23.2 Å². The molecule has 158 valence electrons. The van der Waals surface area contributed by atoms with Crippen LogP contribution in [0.25, 0.3) is 0 Å². The standard InChI is InChI=1S/C23H24Cl2FN3O/c1-3-18(4-2)29-22(10-15-9-16(26)6-8-19(15)24)21(12-23(29)30)28-17-7-5-14(13-27)20(25)11-17/h5-9,11,18,21-22,28H,3-4,10,12H2,1-2H3/t21-,22?/m0/s1. The molecule has 1 saturated heterocycles. The molecule has 0 aromatic heterocycles. The fourth-order valence-electron chi connectivity index (χ4n) is 4.19. The van der Waals surface area contributed by atoms with Crippen LogP contribution < -0.4 is 5.32 Å². The number of nitrogens with zero attached hydrogens (tertiary/aromatic N) is 2. The second-order valence-electron chi connectivity index (χ2n) is 7.54. The second kappa shape index (κ2) is 9.68. The van der Waals surface area contributed by atoms with Gasteiger partial charge in [0.25, 0.3) is 0 Å². The Morgan fingerprint density at radius 1 is 1.20 bits per heavy atom. The molecular weight excluding hydrogens is 424 g/mol. The molecule has 3 rings (SSSR count). The number of carbonyl (C=O) groups is 1. The van der Waals surface area contributed by atoms with Crippen molar-refractivity contribution < 1.29 is 9.18 Å². The number of likely N-dealkylation sites (tertiary alicyclic amines) is 1. The number of halogens is 3.